The van der Waals surface area contributed by atoms with Crippen molar-refractivity contribution in [1.29, 1.82) is 0 Å². The Hall–Kier alpha value is -1.79. The molecule has 0 aliphatic carbocycles. The highest BCUT2D eigenvalue weighted by Crippen LogP contribution is 2.18. The van der Waals surface area contributed by atoms with Crippen molar-refractivity contribution in [1.82, 2.24) is 4.90 Å². The third-order valence-corrected chi connectivity index (χ3v) is 2.80. The van der Waals surface area contributed by atoms with E-state index in [1.165, 1.54) is 0 Å². The van der Waals surface area contributed by atoms with Crippen LogP contribution in [-0.2, 0) is 11.3 Å². The molecule has 0 radical (unpaired) electrons. The molecule has 0 aliphatic rings. The predicted octanol–water partition coefficient (Wildman–Crippen LogP) is 2.43. The molecule has 1 rings (SSSR count). The number of carbonyl (C=O) groups is 1. The molecule has 3 nitrogen and oxygen atoms in total. The van der Waals surface area contributed by atoms with Crippen LogP contribution in [0.3, 0.4) is 0 Å². The minimum atomic E-state index is -0.368. The number of amides is 1. The van der Waals surface area contributed by atoms with Gasteiger partial charge in [-0.05, 0) is 17.7 Å². The zero-order valence-electron chi connectivity index (χ0n) is 12.7. The van der Waals surface area contributed by atoms with Gasteiger partial charge in [0.05, 0.1) is 6.61 Å². The van der Waals surface area contributed by atoms with Crippen molar-refractivity contribution in [3.8, 4) is 11.8 Å². The van der Waals surface area contributed by atoms with E-state index in [1.807, 2.05) is 52.1 Å². The van der Waals surface area contributed by atoms with Crippen LogP contribution in [0, 0.1) is 17.3 Å². The van der Waals surface area contributed by atoms with Crippen LogP contribution in [0.5, 0.6) is 0 Å². The molecule has 1 amide bonds. The monoisotopic (exact) mass is 273 g/mol. The van der Waals surface area contributed by atoms with Gasteiger partial charge in [0.1, 0.15) is 0 Å². The number of aliphatic hydroxyl groups excluding tert-OH is 1. The Morgan fingerprint density at radius 2 is 2.05 bits per heavy atom. The Balaban J connectivity index is 2.77. The van der Waals surface area contributed by atoms with E-state index >= 15 is 0 Å². The lowest BCUT2D eigenvalue weighted by atomic mass is 9.94. The molecule has 0 aromatic heterocycles. The number of nitrogens with zero attached hydrogens (tertiary/aromatic N) is 1. The van der Waals surface area contributed by atoms with Gasteiger partial charge in [0.15, 0.2) is 0 Å². The van der Waals surface area contributed by atoms with E-state index in [1.54, 1.807) is 4.90 Å². The fraction of sp³-hybridized carbons (Fsp3) is 0.471. The van der Waals surface area contributed by atoms with E-state index in [4.69, 9.17) is 5.11 Å². The molecular weight excluding hydrogens is 250 g/mol. The average molecular weight is 273 g/mol. The molecular formula is C17H23NO2. The highest BCUT2D eigenvalue weighted by molar-refractivity contribution is 5.81. The van der Waals surface area contributed by atoms with Crippen LogP contribution in [0.2, 0.25) is 0 Å². The third-order valence-electron chi connectivity index (χ3n) is 2.80. The summed E-state index contributed by atoms with van der Waals surface area (Å²) in [7, 11) is 1.82. The smallest absolute Gasteiger partial charge is 0.227 e. The minimum Gasteiger partial charge on any atom is -0.395 e. The number of hydrogen-bond donors (Lipinski definition) is 1. The lowest BCUT2D eigenvalue weighted by Gasteiger charge is -2.26. The van der Waals surface area contributed by atoms with Crippen LogP contribution in [0.25, 0.3) is 0 Å². The quantitative estimate of drug-likeness (QED) is 0.859. The second-order valence-electron chi connectivity index (χ2n) is 5.89. The van der Waals surface area contributed by atoms with Gasteiger partial charge in [-0.15, -0.1) is 0 Å². The number of aliphatic hydroxyl groups is 1. The standard InChI is InChI=1S/C17H23NO2/c1-17(2,3)16(20)18(4)13-15-10-7-9-14(12-15)8-5-6-11-19/h7,9-10,12,19H,6,11,13H2,1-4H3. The van der Waals surface area contributed by atoms with Gasteiger partial charge in [-0.3, -0.25) is 4.79 Å². The van der Waals surface area contributed by atoms with Crippen molar-refractivity contribution >= 4 is 5.91 Å². The SMILES string of the molecule is CN(Cc1cccc(C#CCCO)c1)C(=O)C(C)(C)C. The highest BCUT2D eigenvalue weighted by Gasteiger charge is 2.24. The maximum absolute atomic E-state index is 12.1. The molecule has 0 fully saturated rings. The zero-order chi connectivity index (χ0) is 15.2. The number of rotatable bonds is 3. The molecule has 0 saturated carbocycles. The van der Waals surface area contributed by atoms with Crippen LogP contribution in [-0.4, -0.2) is 29.6 Å². The van der Waals surface area contributed by atoms with E-state index in [0.29, 0.717) is 13.0 Å². The van der Waals surface area contributed by atoms with Crippen molar-refractivity contribution in [3.05, 3.63) is 35.4 Å². The summed E-state index contributed by atoms with van der Waals surface area (Å²) in [6, 6.07) is 7.84. The minimum absolute atomic E-state index is 0.0789. The summed E-state index contributed by atoms with van der Waals surface area (Å²) in [5.74, 6) is 6.02. The number of hydrogen-bond acceptors (Lipinski definition) is 2. The molecule has 0 unspecified atom stereocenters. The Morgan fingerprint density at radius 3 is 2.65 bits per heavy atom. The zero-order valence-corrected chi connectivity index (χ0v) is 12.7. The van der Waals surface area contributed by atoms with Gasteiger partial charge in [0, 0.05) is 31.0 Å². The van der Waals surface area contributed by atoms with Crippen LogP contribution in [0.15, 0.2) is 24.3 Å². The number of carbonyl (C=O) groups excluding carboxylic acids is 1. The molecule has 1 N–H and O–H groups in total. The lowest BCUT2D eigenvalue weighted by molar-refractivity contribution is -0.138. The van der Waals surface area contributed by atoms with E-state index in [0.717, 1.165) is 11.1 Å². The topological polar surface area (TPSA) is 40.5 Å². The lowest BCUT2D eigenvalue weighted by Crippen LogP contribution is -2.36. The fourth-order valence-electron chi connectivity index (χ4n) is 1.89. The van der Waals surface area contributed by atoms with Gasteiger partial charge in [0.25, 0.3) is 0 Å². The van der Waals surface area contributed by atoms with Gasteiger partial charge < -0.3 is 10.0 Å². The van der Waals surface area contributed by atoms with Gasteiger partial charge in [-0.25, -0.2) is 0 Å². The first-order chi connectivity index (χ1) is 9.34. The Kier molecular flexibility index (Phi) is 5.79. The van der Waals surface area contributed by atoms with Crippen LogP contribution in [0.1, 0.15) is 38.3 Å². The summed E-state index contributed by atoms with van der Waals surface area (Å²) < 4.78 is 0. The van der Waals surface area contributed by atoms with Crippen molar-refractivity contribution in [2.75, 3.05) is 13.7 Å². The van der Waals surface area contributed by atoms with Gasteiger partial charge in [-0.1, -0.05) is 44.7 Å². The molecule has 1 aromatic carbocycles. The molecule has 0 bridgehead atoms. The first kappa shape index (κ1) is 16.3. The average Bonchev–Trinajstić information content (AvgIpc) is 2.37. The maximum Gasteiger partial charge on any atom is 0.227 e. The van der Waals surface area contributed by atoms with E-state index in [-0.39, 0.29) is 17.9 Å². The van der Waals surface area contributed by atoms with Gasteiger partial charge in [0.2, 0.25) is 5.91 Å². The number of benzene rings is 1. The van der Waals surface area contributed by atoms with Crippen LogP contribution >= 0.6 is 0 Å². The molecule has 0 heterocycles. The Morgan fingerprint density at radius 1 is 1.35 bits per heavy atom. The molecule has 0 saturated heterocycles. The Labute approximate surface area is 121 Å². The molecule has 0 spiro atoms. The molecule has 108 valence electrons. The van der Waals surface area contributed by atoms with E-state index in [9.17, 15) is 4.79 Å². The van der Waals surface area contributed by atoms with Crippen molar-refractivity contribution in [3.63, 3.8) is 0 Å². The molecule has 1 aromatic rings. The van der Waals surface area contributed by atoms with Crippen LogP contribution in [0.4, 0.5) is 0 Å². The van der Waals surface area contributed by atoms with Crippen molar-refractivity contribution in [2.24, 2.45) is 5.41 Å². The summed E-state index contributed by atoms with van der Waals surface area (Å²) in [6.45, 7) is 6.41. The molecule has 20 heavy (non-hydrogen) atoms. The fourth-order valence-corrected chi connectivity index (χ4v) is 1.89. The summed E-state index contributed by atoms with van der Waals surface area (Å²) >= 11 is 0. The second kappa shape index (κ2) is 7.12. The molecule has 0 atom stereocenters. The van der Waals surface area contributed by atoms with E-state index < -0.39 is 0 Å². The normalized spacial score (nSPS) is 10.7. The Bertz CT molecular complexity index is 518. The first-order valence-electron chi connectivity index (χ1n) is 6.79. The summed E-state index contributed by atoms with van der Waals surface area (Å²) in [4.78, 5) is 13.9. The van der Waals surface area contributed by atoms with Crippen LogP contribution < -0.4 is 0 Å². The van der Waals surface area contributed by atoms with Gasteiger partial charge in [-0.2, -0.15) is 0 Å². The van der Waals surface area contributed by atoms with Crippen molar-refractivity contribution in [2.45, 2.75) is 33.7 Å². The summed E-state index contributed by atoms with van der Waals surface area (Å²) in [5, 5.41) is 8.71. The maximum atomic E-state index is 12.1. The molecule has 3 heteroatoms. The summed E-state index contributed by atoms with van der Waals surface area (Å²) in [6.07, 6.45) is 0.479. The highest BCUT2D eigenvalue weighted by atomic mass is 16.2. The van der Waals surface area contributed by atoms with E-state index in [2.05, 4.69) is 11.8 Å². The molecule has 0 aliphatic heterocycles. The largest absolute Gasteiger partial charge is 0.395 e. The first-order valence-corrected chi connectivity index (χ1v) is 6.79. The van der Waals surface area contributed by atoms with Crippen molar-refractivity contribution < 1.29 is 9.90 Å². The third kappa shape index (κ3) is 5.07. The summed E-state index contributed by atoms with van der Waals surface area (Å²) in [5.41, 5.74) is 1.60. The van der Waals surface area contributed by atoms with Gasteiger partial charge >= 0.3 is 0 Å². The predicted molar refractivity (Wildman–Crippen MR) is 81.0 cm³/mol. The second-order valence-corrected chi connectivity index (χ2v) is 5.89.